The largest absolute Gasteiger partial charge is 0.478 e. The minimum absolute atomic E-state index is 0.0838. The maximum atomic E-state index is 13.1. The maximum absolute atomic E-state index is 13.1. The van der Waals surface area contributed by atoms with E-state index in [-0.39, 0.29) is 18.4 Å². The van der Waals surface area contributed by atoms with Gasteiger partial charge >= 0.3 is 5.97 Å². The van der Waals surface area contributed by atoms with Crippen molar-refractivity contribution in [3.63, 3.8) is 0 Å². The lowest BCUT2D eigenvalue weighted by atomic mass is 10.0. The Labute approximate surface area is 143 Å². The predicted molar refractivity (Wildman–Crippen MR) is 88.3 cm³/mol. The molecule has 0 unspecified atom stereocenters. The molecule has 2 aromatic rings. The molecule has 2 rings (SSSR count). The standard InChI is InChI=1S/C18H17FN2O4/c19-14-3-1-2-12(8-14)10-16(22)21-15(17(20)23)9-11-4-6-13(7-5-11)18(24)25/h1-8,15H,9-10H2,(H2,20,23)(H,21,22)(H,24,25)/t15-/m1/s1. The van der Waals surface area contributed by atoms with Gasteiger partial charge in [0.05, 0.1) is 12.0 Å². The van der Waals surface area contributed by atoms with E-state index in [9.17, 15) is 18.8 Å². The molecule has 0 radical (unpaired) electrons. The van der Waals surface area contributed by atoms with Crippen molar-refractivity contribution >= 4 is 17.8 Å². The van der Waals surface area contributed by atoms with Crippen molar-refractivity contribution in [2.24, 2.45) is 5.73 Å². The van der Waals surface area contributed by atoms with E-state index in [1.165, 1.54) is 30.3 Å². The summed E-state index contributed by atoms with van der Waals surface area (Å²) >= 11 is 0. The van der Waals surface area contributed by atoms with Crippen LogP contribution < -0.4 is 11.1 Å². The Kier molecular flexibility index (Phi) is 5.84. The van der Waals surface area contributed by atoms with E-state index in [1.807, 2.05) is 0 Å². The average Bonchev–Trinajstić information content (AvgIpc) is 2.54. The molecule has 0 fully saturated rings. The summed E-state index contributed by atoms with van der Waals surface area (Å²) in [7, 11) is 0. The highest BCUT2D eigenvalue weighted by Gasteiger charge is 2.19. The van der Waals surface area contributed by atoms with E-state index in [0.29, 0.717) is 11.1 Å². The molecule has 2 amide bonds. The maximum Gasteiger partial charge on any atom is 0.335 e. The van der Waals surface area contributed by atoms with Gasteiger partial charge in [0.1, 0.15) is 11.9 Å². The van der Waals surface area contributed by atoms with Crippen LogP contribution in [-0.4, -0.2) is 28.9 Å². The number of amides is 2. The lowest BCUT2D eigenvalue weighted by Crippen LogP contribution is -2.46. The van der Waals surface area contributed by atoms with Crippen molar-refractivity contribution in [3.05, 3.63) is 71.0 Å². The number of benzene rings is 2. The molecular formula is C18H17FN2O4. The Balaban J connectivity index is 2.01. The first-order valence-electron chi connectivity index (χ1n) is 7.50. The monoisotopic (exact) mass is 344 g/mol. The first-order chi connectivity index (χ1) is 11.8. The summed E-state index contributed by atoms with van der Waals surface area (Å²) in [6.45, 7) is 0. The molecule has 0 bridgehead atoms. The fraction of sp³-hybridized carbons (Fsp3) is 0.167. The van der Waals surface area contributed by atoms with Crippen molar-refractivity contribution in [3.8, 4) is 0 Å². The third kappa shape index (κ3) is 5.42. The van der Waals surface area contributed by atoms with Crippen LogP contribution in [0.1, 0.15) is 21.5 Å². The van der Waals surface area contributed by atoms with Crippen LogP contribution in [0.4, 0.5) is 4.39 Å². The van der Waals surface area contributed by atoms with Crippen LogP contribution >= 0.6 is 0 Å². The third-order valence-corrected chi connectivity index (χ3v) is 3.57. The molecule has 0 aromatic heterocycles. The van der Waals surface area contributed by atoms with Crippen molar-refractivity contribution in [2.75, 3.05) is 0 Å². The number of hydrogen-bond acceptors (Lipinski definition) is 3. The number of hydrogen-bond donors (Lipinski definition) is 3. The number of rotatable bonds is 7. The van der Waals surface area contributed by atoms with Crippen molar-refractivity contribution in [2.45, 2.75) is 18.9 Å². The minimum Gasteiger partial charge on any atom is -0.478 e. The molecule has 2 aromatic carbocycles. The number of carboxylic acids is 1. The molecular weight excluding hydrogens is 327 g/mol. The highest BCUT2D eigenvalue weighted by atomic mass is 19.1. The first-order valence-corrected chi connectivity index (χ1v) is 7.50. The number of primary amides is 1. The van der Waals surface area contributed by atoms with Crippen LogP contribution in [0.3, 0.4) is 0 Å². The van der Waals surface area contributed by atoms with E-state index in [1.54, 1.807) is 18.2 Å². The summed E-state index contributed by atoms with van der Waals surface area (Å²) in [6.07, 6.45) is 0.0453. The van der Waals surface area contributed by atoms with Crippen LogP contribution in [0.5, 0.6) is 0 Å². The minimum atomic E-state index is -1.05. The second-order valence-corrected chi connectivity index (χ2v) is 5.54. The molecule has 0 saturated heterocycles. The summed E-state index contributed by atoms with van der Waals surface area (Å²) in [5, 5.41) is 11.4. The molecule has 25 heavy (non-hydrogen) atoms. The van der Waals surface area contributed by atoms with Crippen LogP contribution in [0.2, 0.25) is 0 Å². The summed E-state index contributed by atoms with van der Waals surface area (Å²) in [5.74, 6) is -2.68. The molecule has 0 aliphatic rings. The van der Waals surface area contributed by atoms with Gasteiger partial charge in [-0.05, 0) is 35.4 Å². The Bertz CT molecular complexity index is 790. The number of aromatic carboxylic acids is 1. The lowest BCUT2D eigenvalue weighted by Gasteiger charge is -2.16. The molecule has 0 aliphatic heterocycles. The van der Waals surface area contributed by atoms with Crippen LogP contribution in [-0.2, 0) is 22.4 Å². The van der Waals surface area contributed by atoms with Crippen LogP contribution in [0.25, 0.3) is 0 Å². The fourth-order valence-corrected chi connectivity index (χ4v) is 2.32. The Morgan fingerprint density at radius 2 is 1.76 bits per heavy atom. The number of nitrogens with one attached hydrogen (secondary N) is 1. The SMILES string of the molecule is NC(=O)[C@@H](Cc1ccc(C(=O)O)cc1)NC(=O)Cc1cccc(F)c1. The van der Waals surface area contributed by atoms with Crippen LogP contribution in [0, 0.1) is 5.82 Å². The van der Waals surface area contributed by atoms with Gasteiger partial charge in [-0.1, -0.05) is 24.3 Å². The fourth-order valence-electron chi connectivity index (χ4n) is 2.32. The Morgan fingerprint density at radius 3 is 2.32 bits per heavy atom. The van der Waals surface area contributed by atoms with Gasteiger partial charge < -0.3 is 16.2 Å². The number of halogens is 1. The van der Waals surface area contributed by atoms with Gasteiger partial charge in [-0.25, -0.2) is 9.18 Å². The molecule has 6 nitrogen and oxygen atoms in total. The van der Waals surface area contributed by atoms with Gasteiger partial charge in [-0.15, -0.1) is 0 Å². The lowest BCUT2D eigenvalue weighted by molar-refractivity contribution is -0.127. The highest BCUT2D eigenvalue weighted by Crippen LogP contribution is 2.08. The highest BCUT2D eigenvalue weighted by molar-refractivity contribution is 5.88. The van der Waals surface area contributed by atoms with E-state index >= 15 is 0 Å². The molecule has 0 saturated carbocycles. The molecule has 0 heterocycles. The zero-order chi connectivity index (χ0) is 18.4. The van der Waals surface area contributed by atoms with E-state index in [0.717, 1.165) is 0 Å². The summed E-state index contributed by atoms with van der Waals surface area (Å²) in [6, 6.07) is 10.6. The third-order valence-electron chi connectivity index (χ3n) is 3.57. The van der Waals surface area contributed by atoms with Gasteiger partial charge in [0, 0.05) is 6.42 Å². The van der Waals surface area contributed by atoms with Gasteiger partial charge in [0.2, 0.25) is 11.8 Å². The van der Waals surface area contributed by atoms with Gasteiger partial charge in [0.15, 0.2) is 0 Å². The average molecular weight is 344 g/mol. The van der Waals surface area contributed by atoms with Gasteiger partial charge in [-0.3, -0.25) is 9.59 Å². The number of carbonyl (C=O) groups excluding carboxylic acids is 2. The summed E-state index contributed by atoms with van der Waals surface area (Å²) in [5.41, 5.74) is 6.57. The number of carboxylic acid groups (broad SMARTS) is 1. The molecule has 1 atom stereocenters. The molecule has 0 spiro atoms. The molecule has 7 heteroatoms. The second kappa shape index (κ2) is 8.05. The number of carbonyl (C=O) groups is 3. The summed E-state index contributed by atoms with van der Waals surface area (Å²) < 4.78 is 13.1. The Morgan fingerprint density at radius 1 is 1.08 bits per heavy atom. The normalized spacial score (nSPS) is 11.6. The first kappa shape index (κ1) is 18.1. The zero-order valence-corrected chi connectivity index (χ0v) is 13.2. The van der Waals surface area contributed by atoms with E-state index < -0.39 is 29.6 Å². The van der Waals surface area contributed by atoms with E-state index in [4.69, 9.17) is 10.8 Å². The predicted octanol–water partition coefficient (Wildman–Crippen LogP) is 1.28. The number of nitrogens with two attached hydrogens (primary N) is 1. The summed E-state index contributed by atoms with van der Waals surface area (Å²) in [4.78, 5) is 34.5. The molecule has 130 valence electrons. The molecule has 4 N–H and O–H groups in total. The van der Waals surface area contributed by atoms with Gasteiger partial charge in [-0.2, -0.15) is 0 Å². The van der Waals surface area contributed by atoms with E-state index in [2.05, 4.69) is 5.32 Å². The van der Waals surface area contributed by atoms with Crippen LogP contribution in [0.15, 0.2) is 48.5 Å². The molecule has 0 aliphatic carbocycles. The zero-order valence-electron chi connectivity index (χ0n) is 13.2. The van der Waals surface area contributed by atoms with Crippen molar-refractivity contribution in [1.82, 2.24) is 5.32 Å². The smallest absolute Gasteiger partial charge is 0.335 e. The van der Waals surface area contributed by atoms with Gasteiger partial charge in [0.25, 0.3) is 0 Å². The van der Waals surface area contributed by atoms with Crippen molar-refractivity contribution in [1.29, 1.82) is 0 Å². The second-order valence-electron chi connectivity index (χ2n) is 5.54. The Hall–Kier alpha value is -3.22. The topological polar surface area (TPSA) is 109 Å². The van der Waals surface area contributed by atoms with Crippen molar-refractivity contribution < 1.29 is 23.9 Å². The quantitative estimate of drug-likeness (QED) is 0.703.